The van der Waals surface area contributed by atoms with Crippen LogP contribution in [-0.4, -0.2) is 31.8 Å². The maximum atomic E-state index is 12.3. The Morgan fingerprint density at radius 3 is 2.57 bits per heavy atom. The summed E-state index contributed by atoms with van der Waals surface area (Å²) < 4.78 is 1.50. The number of aromatic amines is 1. The van der Waals surface area contributed by atoms with Crippen molar-refractivity contribution in [3.63, 3.8) is 0 Å². The highest BCUT2D eigenvalue weighted by atomic mass is 16.2. The van der Waals surface area contributed by atoms with E-state index in [0.717, 1.165) is 5.69 Å². The van der Waals surface area contributed by atoms with Crippen molar-refractivity contribution in [2.45, 2.75) is 26.2 Å². The van der Waals surface area contributed by atoms with Crippen LogP contribution in [0.15, 0.2) is 12.3 Å². The third-order valence-corrected chi connectivity index (χ3v) is 3.01. The molecule has 0 bridgehead atoms. The van der Waals surface area contributed by atoms with Gasteiger partial charge in [-0.1, -0.05) is 20.8 Å². The van der Waals surface area contributed by atoms with E-state index < -0.39 is 5.91 Å². The molecule has 0 aromatic carbocycles. The van der Waals surface area contributed by atoms with Crippen molar-refractivity contribution in [2.24, 2.45) is 12.8 Å². The molecule has 8 heteroatoms. The summed E-state index contributed by atoms with van der Waals surface area (Å²) in [7, 11) is 1.69. The van der Waals surface area contributed by atoms with Crippen molar-refractivity contribution in [2.75, 3.05) is 5.32 Å². The summed E-state index contributed by atoms with van der Waals surface area (Å²) in [4.78, 5) is 23.5. The van der Waals surface area contributed by atoms with Crippen LogP contribution in [0.4, 0.5) is 5.69 Å². The molecule has 0 radical (unpaired) electrons. The van der Waals surface area contributed by atoms with Crippen LogP contribution in [0.1, 0.15) is 47.4 Å². The second kappa shape index (κ2) is 5.04. The average molecular weight is 290 g/mol. The lowest BCUT2D eigenvalue weighted by Crippen LogP contribution is -2.19. The molecule has 0 atom stereocenters. The molecular weight excluding hydrogens is 272 g/mol. The van der Waals surface area contributed by atoms with Gasteiger partial charge in [-0.15, -0.1) is 0 Å². The number of carbonyl (C=O) groups excluding carboxylic acids is 2. The summed E-state index contributed by atoms with van der Waals surface area (Å²) in [6, 6.07) is 1.72. The van der Waals surface area contributed by atoms with E-state index in [-0.39, 0.29) is 22.7 Å². The lowest BCUT2D eigenvalue weighted by Gasteiger charge is -2.13. The molecule has 112 valence electrons. The minimum Gasteiger partial charge on any atom is -0.364 e. The molecule has 21 heavy (non-hydrogen) atoms. The number of hydrogen-bond donors (Lipinski definition) is 3. The van der Waals surface area contributed by atoms with Gasteiger partial charge >= 0.3 is 0 Å². The number of rotatable bonds is 3. The number of carbonyl (C=O) groups is 2. The second-order valence-corrected chi connectivity index (χ2v) is 5.77. The second-order valence-electron chi connectivity index (χ2n) is 5.77. The van der Waals surface area contributed by atoms with Gasteiger partial charge in [0, 0.05) is 12.5 Å². The first-order chi connectivity index (χ1) is 9.70. The van der Waals surface area contributed by atoms with Crippen LogP contribution in [-0.2, 0) is 12.5 Å². The number of aryl methyl sites for hydroxylation is 1. The van der Waals surface area contributed by atoms with Gasteiger partial charge in [-0.05, 0) is 6.07 Å². The molecule has 2 heterocycles. The van der Waals surface area contributed by atoms with Crippen LogP contribution in [0.5, 0.6) is 0 Å². The predicted molar refractivity (Wildman–Crippen MR) is 77.0 cm³/mol. The molecule has 0 unspecified atom stereocenters. The Labute approximate surface area is 121 Å². The van der Waals surface area contributed by atoms with Gasteiger partial charge < -0.3 is 11.1 Å². The van der Waals surface area contributed by atoms with Gasteiger partial charge in [0.05, 0.1) is 17.6 Å². The minimum absolute atomic E-state index is 0.0570. The molecule has 0 saturated heterocycles. The highest BCUT2D eigenvalue weighted by Crippen LogP contribution is 2.22. The van der Waals surface area contributed by atoms with Gasteiger partial charge in [-0.25, -0.2) is 0 Å². The molecule has 4 N–H and O–H groups in total. The summed E-state index contributed by atoms with van der Waals surface area (Å²) >= 11 is 0. The van der Waals surface area contributed by atoms with E-state index in [1.54, 1.807) is 13.1 Å². The number of nitrogens with zero attached hydrogens (tertiary/aromatic N) is 3. The van der Waals surface area contributed by atoms with E-state index in [4.69, 9.17) is 5.73 Å². The molecule has 2 rings (SSSR count). The quantitative estimate of drug-likeness (QED) is 0.774. The molecule has 8 nitrogen and oxygen atoms in total. The van der Waals surface area contributed by atoms with Crippen molar-refractivity contribution in [3.05, 3.63) is 29.3 Å². The van der Waals surface area contributed by atoms with Crippen molar-refractivity contribution in [1.29, 1.82) is 0 Å². The van der Waals surface area contributed by atoms with Gasteiger partial charge in [0.2, 0.25) is 0 Å². The van der Waals surface area contributed by atoms with Crippen molar-refractivity contribution in [1.82, 2.24) is 20.0 Å². The zero-order valence-electron chi connectivity index (χ0n) is 12.4. The van der Waals surface area contributed by atoms with E-state index in [9.17, 15) is 9.59 Å². The van der Waals surface area contributed by atoms with Gasteiger partial charge in [0.1, 0.15) is 11.4 Å². The van der Waals surface area contributed by atoms with Crippen LogP contribution in [0.3, 0.4) is 0 Å². The smallest absolute Gasteiger partial charge is 0.274 e. The molecule has 2 amide bonds. The molecule has 0 saturated carbocycles. The molecule has 0 aliphatic rings. The molecule has 0 aliphatic heterocycles. The van der Waals surface area contributed by atoms with Gasteiger partial charge in [-0.2, -0.15) is 10.2 Å². The Kier molecular flexibility index (Phi) is 3.54. The van der Waals surface area contributed by atoms with Crippen LogP contribution in [0, 0.1) is 0 Å². The maximum absolute atomic E-state index is 12.3. The molecule has 0 spiro atoms. The number of anilines is 1. The zero-order valence-corrected chi connectivity index (χ0v) is 12.4. The predicted octanol–water partition coefficient (Wildman–Crippen LogP) is 0.792. The molecule has 0 aliphatic carbocycles. The number of nitrogens with two attached hydrogens (primary N) is 1. The van der Waals surface area contributed by atoms with Gasteiger partial charge in [0.15, 0.2) is 0 Å². The highest BCUT2D eigenvalue weighted by molar-refractivity contribution is 6.07. The molecule has 0 fully saturated rings. The van der Waals surface area contributed by atoms with Crippen molar-refractivity contribution >= 4 is 17.5 Å². The SMILES string of the molecule is Cn1nc(C(C)(C)C)cc1C(=O)Nc1cn[nH]c1C(N)=O. The van der Waals surface area contributed by atoms with E-state index in [0.29, 0.717) is 5.69 Å². The Morgan fingerprint density at radius 2 is 2.05 bits per heavy atom. The fourth-order valence-corrected chi connectivity index (χ4v) is 1.80. The number of H-pyrrole nitrogens is 1. The summed E-state index contributed by atoms with van der Waals surface area (Å²) in [6.45, 7) is 6.04. The summed E-state index contributed by atoms with van der Waals surface area (Å²) in [6.07, 6.45) is 1.33. The first kappa shape index (κ1) is 14.8. The third kappa shape index (κ3) is 2.93. The van der Waals surface area contributed by atoms with E-state index in [2.05, 4.69) is 20.6 Å². The van der Waals surface area contributed by atoms with E-state index >= 15 is 0 Å². The molecular formula is C13H18N6O2. The summed E-state index contributed by atoms with van der Waals surface area (Å²) in [5.41, 5.74) is 6.51. The fraction of sp³-hybridized carbons (Fsp3) is 0.385. The van der Waals surface area contributed by atoms with Crippen LogP contribution in [0.2, 0.25) is 0 Å². The standard InChI is InChI=1S/C13H18N6O2/c1-13(2,3)9-5-8(19(4)18-9)12(21)16-7-6-15-17-10(7)11(14)20/h5-6H,1-4H3,(H2,14,20)(H,15,17)(H,16,21). The first-order valence-electron chi connectivity index (χ1n) is 6.39. The van der Waals surface area contributed by atoms with Crippen LogP contribution >= 0.6 is 0 Å². The number of amides is 2. The summed E-state index contributed by atoms with van der Waals surface area (Å²) in [5, 5.41) is 13.1. The number of aromatic nitrogens is 4. The van der Waals surface area contributed by atoms with E-state index in [1.807, 2.05) is 20.8 Å². The minimum atomic E-state index is -0.691. The number of primary amides is 1. The highest BCUT2D eigenvalue weighted by Gasteiger charge is 2.22. The van der Waals surface area contributed by atoms with Gasteiger partial charge in [-0.3, -0.25) is 19.4 Å². The summed E-state index contributed by atoms with van der Waals surface area (Å²) in [5.74, 6) is -1.08. The fourth-order valence-electron chi connectivity index (χ4n) is 1.80. The van der Waals surface area contributed by atoms with Crippen molar-refractivity contribution in [3.8, 4) is 0 Å². The number of nitrogens with one attached hydrogen (secondary N) is 2. The normalized spacial score (nSPS) is 11.4. The third-order valence-electron chi connectivity index (χ3n) is 3.01. The zero-order chi connectivity index (χ0) is 15.8. The monoisotopic (exact) mass is 290 g/mol. The molecule has 2 aromatic rings. The largest absolute Gasteiger partial charge is 0.364 e. The first-order valence-corrected chi connectivity index (χ1v) is 6.39. The van der Waals surface area contributed by atoms with Crippen LogP contribution in [0.25, 0.3) is 0 Å². The maximum Gasteiger partial charge on any atom is 0.274 e. The van der Waals surface area contributed by atoms with Crippen molar-refractivity contribution < 1.29 is 9.59 Å². The average Bonchev–Trinajstić information content (AvgIpc) is 2.94. The van der Waals surface area contributed by atoms with Crippen LogP contribution < -0.4 is 11.1 Å². The lowest BCUT2D eigenvalue weighted by molar-refractivity contribution is 0.0996. The van der Waals surface area contributed by atoms with Gasteiger partial charge in [0.25, 0.3) is 11.8 Å². The van der Waals surface area contributed by atoms with E-state index in [1.165, 1.54) is 10.9 Å². The number of hydrogen-bond acceptors (Lipinski definition) is 4. The Hall–Kier alpha value is -2.64. The Morgan fingerprint density at radius 1 is 1.38 bits per heavy atom. The molecule has 2 aromatic heterocycles. The Balaban J connectivity index is 2.27. The topological polar surface area (TPSA) is 119 Å². The lowest BCUT2D eigenvalue weighted by atomic mass is 9.92. The Bertz CT molecular complexity index is 692.